The summed E-state index contributed by atoms with van der Waals surface area (Å²) >= 11 is 0. The fourth-order valence-corrected chi connectivity index (χ4v) is 2.12. The second-order valence-corrected chi connectivity index (χ2v) is 4.61. The summed E-state index contributed by atoms with van der Waals surface area (Å²) in [4.78, 5) is 8.44. The number of hydrogen-bond acceptors (Lipinski definition) is 7. The van der Waals surface area contributed by atoms with E-state index in [2.05, 4.69) is 15.3 Å². The third kappa shape index (κ3) is 2.60. The van der Waals surface area contributed by atoms with Crippen molar-refractivity contribution in [3.05, 3.63) is 42.2 Å². The van der Waals surface area contributed by atoms with Gasteiger partial charge in [-0.25, -0.2) is 9.97 Å². The number of dihydropyridines is 1. The Morgan fingerprint density at radius 2 is 1.86 bits per heavy atom. The lowest BCUT2D eigenvalue weighted by Crippen LogP contribution is -2.26. The summed E-state index contributed by atoms with van der Waals surface area (Å²) in [5, 5.41) is 3.74. The van der Waals surface area contributed by atoms with Crippen molar-refractivity contribution < 1.29 is 14.2 Å². The van der Waals surface area contributed by atoms with E-state index in [0.29, 0.717) is 41.0 Å². The smallest absolute Gasteiger partial charge is 0.229 e. The van der Waals surface area contributed by atoms with Crippen LogP contribution in [-0.2, 0) is 0 Å². The molecule has 114 valence electrons. The Kier molecular flexibility index (Phi) is 3.69. The van der Waals surface area contributed by atoms with Gasteiger partial charge >= 0.3 is 0 Å². The number of fused-ring (bicyclic) bond motifs is 1. The third-order valence-corrected chi connectivity index (χ3v) is 3.25. The first-order chi connectivity index (χ1) is 10.7. The molecule has 3 N–H and O–H groups in total. The first-order valence-electron chi connectivity index (χ1n) is 6.66. The zero-order chi connectivity index (χ0) is 15.5. The molecule has 0 spiro atoms. The van der Waals surface area contributed by atoms with E-state index in [0.717, 1.165) is 5.39 Å². The van der Waals surface area contributed by atoms with Gasteiger partial charge < -0.3 is 25.3 Å². The molecule has 0 atom stereocenters. The van der Waals surface area contributed by atoms with E-state index in [4.69, 9.17) is 19.9 Å². The summed E-state index contributed by atoms with van der Waals surface area (Å²) in [6.07, 6.45) is 5.00. The van der Waals surface area contributed by atoms with Gasteiger partial charge in [0.25, 0.3) is 0 Å². The Hall–Kier alpha value is -2.96. The molecule has 1 aliphatic heterocycles. The zero-order valence-electron chi connectivity index (χ0n) is 12.3. The van der Waals surface area contributed by atoms with Crippen molar-refractivity contribution in [2.45, 2.75) is 0 Å². The molecule has 22 heavy (non-hydrogen) atoms. The lowest BCUT2D eigenvalue weighted by molar-refractivity contribution is 0.355. The number of rotatable bonds is 4. The monoisotopic (exact) mass is 300 g/mol. The number of nitrogens with zero attached hydrogens (tertiary/aromatic N) is 2. The molecular formula is C15H16N4O3. The van der Waals surface area contributed by atoms with Crippen LogP contribution in [0.5, 0.6) is 17.4 Å². The van der Waals surface area contributed by atoms with Crippen molar-refractivity contribution in [1.29, 1.82) is 0 Å². The van der Waals surface area contributed by atoms with Gasteiger partial charge in [0, 0.05) is 6.07 Å². The molecule has 0 aliphatic carbocycles. The van der Waals surface area contributed by atoms with Crippen LogP contribution in [0.4, 0.5) is 0 Å². The highest BCUT2D eigenvalue weighted by Crippen LogP contribution is 2.34. The van der Waals surface area contributed by atoms with Gasteiger partial charge in [0.2, 0.25) is 5.88 Å². The number of methoxy groups -OCH3 is 2. The van der Waals surface area contributed by atoms with Crippen LogP contribution in [0.2, 0.25) is 0 Å². The maximum atomic E-state index is 5.84. The highest BCUT2D eigenvalue weighted by atomic mass is 16.5. The number of allylic oxidation sites excluding steroid dienone is 2. The van der Waals surface area contributed by atoms with Crippen molar-refractivity contribution in [2.24, 2.45) is 5.73 Å². The molecule has 0 fully saturated rings. The molecule has 2 heterocycles. The Morgan fingerprint density at radius 3 is 2.55 bits per heavy atom. The summed E-state index contributed by atoms with van der Waals surface area (Å²) < 4.78 is 16.4. The predicted octanol–water partition coefficient (Wildman–Crippen LogP) is 1.31. The van der Waals surface area contributed by atoms with E-state index in [9.17, 15) is 0 Å². The Morgan fingerprint density at radius 1 is 1.09 bits per heavy atom. The fourth-order valence-electron chi connectivity index (χ4n) is 2.12. The number of nitrogens with two attached hydrogens (primary N) is 1. The number of aromatic nitrogens is 2. The third-order valence-electron chi connectivity index (χ3n) is 3.25. The van der Waals surface area contributed by atoms with Crippen molar-refractivity contribution in [3.8, 4) is 17.4 Å². The number of nitrogens with one attached hydrogen (secondary N) is 1. The lowest BCUT2D eigenvalue weighted by Gasteiger charge is -2.16. The first-order valence-corrected chi connectivity index (χ1v) is 6.66. The summed E-state index contributed by atoms with van der Waals surface area (Å²) in [6.45, 7) is 0.501. The molecule has 0 amide bonds. The van der Waals surface area contributed by atoms with E-state index in [-0.39, 0.29) is 0 Å². The number of ether oxygens (including phenoxy) is 3. The lowest BCUT2D eigenvalue weighted by atomic mass is 10.2. The van der Waals surface area contributed by atoms with Crippen LogP contribution >= 0.6 is 0 Å². The van der Waals surface area contributed by atoms with Crippen molar-refractivity contribution in [2.75, 3.05) is 20.8 Å². The minimum absolute atomic E-state index is 0.452. The van der Waals surface area contributed by atoms with Crippen LogP contribution in [0.3, 0.4) is 0 Å². The van der Waals surface area contributed by atoms with E-state index in [1.807, 2.05) is 0 Å². The second kappa shape index (κ2) is 5.80. The van der Waals surface area contributed by atoms with E-state index < -0.39 is 0 Å². The molecule has 3 rings (SSSR count). The molecule has 2 aromatic rings. The van der Waals surface area contributed by atoms with Crippen LogP contribution in [0.1, 0.15) is 0 Å². The van der Waals surface area contributed by atoms with Crippen molar-refractivity contribution >= 4 is 10.9 Å². The summed E-state index contributed by atoms with van der Waals surface area (Å²) in [6, 6.07) is 3.58. The van der Waals surface area contributed by atoms with Crippen LogP contribution in [0, 0.1) is 0 Å². The van der Waals surface area contributed by atoms with Gasteiger partial charge in [0.1, 0.15) is 12.1 Å². The fraction of sp³-hybridized carbons (Fsp3) is 0.200. The molecule has 0 saturated heterocycles. The van der Waals surface area contributed by atoms with Gasteiger partial charge in [0.15, 0.2) is 11.5 Å². The largest absolute Gasteiger partial charge is 0.493 e. The molecule has 7 heteroatoms. The number of benzene rings is 1. The molecule has 7 nitrogen and oxygen atoms in total. The van der Waals surface area contributed by atoms with E-state index in [1.165, 1.54) is 6.33 Å². The minimum atomic E-state index is 0.452. The summed E-state index contributed by atoms with van der Waals surface area (Å²) in [7, 11) is 3.16. The van der Waals surface area contributed by atoms with E-state index >= 15 is 0 Å². The Labute approximate surface area is 127 Å². The number of hydrogen-bond donors (Lipinski definition) is 2. The van der Waals surface area contributed by atoms with Gasteiger partial charge in [-0.2, -0.15) is 0 Å². The topological polar surface area (TPSA) is 91.5 Å². The Bertz CT molecular complexity index is 771. The molecule has 0 saturated carbocycles. The quantitative estimate of drug-likeness (QED) is 0.879. The molecule has 0 unspecified atom stereocenters. The first kappa shape index (κ1) is 14.0. The van der Waals surface area contributed by atoms with Crippen molar-refractivity contribution in [1.82, 2.24) is 15.3 Å². The normalized spacial score (nSPS) is 13.9. The molecule has 0 radical (unpaired) electrons. The average Bonchev–Trinajstić information content (AvgIpc) is 2.56. The maximum Gasteiger partial charge on any atom is 0.229 e. The molecule has 0 bridgehead atoms. The summed E-state index contributed by atoms with van der Waals surface area (Å²) in [5.74, 6) is 2.96. The van der Waals surface area contributed by atoms with Gasteiger partial charge in [-0.3, -0.25) is 0 Å². The van der Waals surface area contributed by atoms with Gasteiger partial charge in [-0.15, -0.1) is 0 Å². The molecular weight excluding hydrogens is 284 g/mol. The van der Waals surface area contributed by atoms with Crippen LogP contribution in [-0.4, -0.2) is 30.7 Å². The molecule has 1 aromatic carbocycles. The highest BCUT2D eigenvalue weighted by Gasteiger charge is 2.13. The maximum absolute atomic E-state index is 5.84. The van der Waals surface area contributed by atoms with Crippen molar-refractivity contribution in [3.63, 3.8) is 0 Å². The standard InChI is InChI=1S/C15H16N4O3/c1-20-12-5-10-11(6-13(12)21-2)18-8-19-15(10)22-9-3-4-14(16)17-7-9/h3-6,8,17H,7,16H2,1-2H3. The van der Waals surface area contributed by atoms with E-state index in [1.54, 1.807) is 38.5 Å². The highest BCUT2D eigenvalue weighted by molar-refractivity contribution is 5.86. The van der Waals surface area contributed by atoms with Gasteiger partial charge in [-0.05, 0) is 18.2 Å². The zero-order valence-corrected chi connectivity index (χ0v) is 12.3. The summed E-state index contributed by atoms with van der Waals surface area (Å²) in [5.41, 5.74) is 6.35. The van der Waals surface area contributed by atoms with Crippen LogP contribution in [0.15, 0.2) is 42.2 Å². The van der Waals surface area contributed by atoms with Gasteiger partial charge in [0.05, 0.1) is 37.5 Å². The molecule has 1 aliphatic rings. The van der Waals surface area contributed by atoms with Crippen LogP contribution in [0.25, 0.3) is 10.9 Å². The second-order valence-electron chi connectivity index (χ2n) is 4.61. The minimum Gasteiger partial charge on any atom is -0.493 e. The van der Waals surface area contributed by atoms with Gasteiger partial charge in [-0.1, -0.05) is 0 Å². The Balaban J connectivity index is 2.03. The predicted molar refractivity (Wildman–Crippen MR) is 81.6 cm³/mol. The SMILES string of the molecule is COc1cc2ncnc(OC3=CC=C(N)NC3)c2cc1OC. The average molecular weight is 300 g/mol. The molecule has 1 aromatic heterocycles. The van der Waals surface area contributed by atoms with Crippen LogP contribution < -0.4 is 25.3 Å².